The molecular weight excluding hydrogens is 224 g/mol. The Balaban J connectivity index is 1.55. The summed E-state index contributed by atoms with van der Waals surface area (Å²) in [4.78, 5) is 10.3. The standard InChI is InChI=1S/C14H24N4/c1-2-3-6-18(12-4-5-12)9-11-7-13-14(8-15-11)17-10-16-13/h10-12,15H,2-9H2,1H3,(H,16,17). The molecular formula is C14H24N4. The van der Waals surface area contributed by atoms with Crippen molar-refractivity contribution >= 4 is 0 Å². The quantitative estimate of drug-likeness (QED) is 0.805. The summed E-state index contributed by atoms with van der Waals surface area (Å²) in [6.45, 7) is 5.69. The first kappa shape index (κ1) is 12.2. The highest BCUT2D eigenvalue weighted by Gasteiger charge is 2.31. The zero-order valence-electron chi connectivity index (χ0n) is 11.3. The summed E-state index contributed by atoms with van der Waals surface area (Å²) in [7, 11) is 0. The molecule has 0 radical (unpaired) electrons. The summed E-state index contributed by atoms with van der Waals surface area (Å²) in [6.07, 6.45) is 8.34. The molecule has 1 aromatic rings. The maximum atomic E-state index is 4.42. The van der Waals surface area contributed by atoms with E-state index in [1.54, 1.807) is 0 Å². The van der Waals surface area contributed by atoms with Gasteiger partial charge in [0, 0.05) is 31.6 Å². The third-order valence-corrected chi connectivity index (χ3v) is 4.13. The van der Waals surface area contributed by atoms with Gasteiger partial charge in [0.1, 0.15) is 0 Å². The van der Waals surface area contributed by atoms with E-state index in [4.69, 9.17) is 0 Å². The number of imidazole rings is 1. The summed E-state index contributed by atoms with van der Waals surface area (Å²) in [6, 6.07) is 1.46. The number of hydrogen-bond acceptors (Lipinski definition) is 3. The summed E-state index contributed by atoms with van der Waals surface area (Å²) >= 11 is 0. The van der Waals surface area contributed by atoms with E-state index in [0.29, 0.717) is 6.04 Å². The van der Waals surface area contributed by atoms with Crippen molar-refractivity contribution in [2.75, 3.05) is 13.1 Å². The number of unbranched alkanes of at least 4 members (excludes halogenated alkanes) is 1. The van der Waals surface area contributed by atoms with Crippen LogP contribution in [0, 0.1) is 0 Å². The van der Waals surface area contributed by atoms with Gasteiger partial charge in [-0.1, -0.05) is 13.3 Å². The van der Waals surface area contributed by atoms with Gasteiger partial charge in [0.05, 0.1) is 17.7 Å². The topological polar surface area (TPSA) is 44.0 Å². The number of aromatic nitrogens is 2. The largest absolute Gasteiger partial charge is 0.347 e. The molecule has 0 amide bonds. The van der Waals surface area contributed by atoms with Crippen molar-refractivity contribution in [2.45, 2.75) is 57.7 Å². The summed E-state index contributed by atoms with van der Waals surface area (Å²) in [5, 5.41) is 3.64. The number of hydrogen-bond donors (Lipinski definition) is 2. The van der Waals surface area contributed by atoms with Crippen molar-refractivity contribution in [2.24, 2.45) is 0 Å². The van der Waals surface area contributed by atoms with Gasteiger partial charge in [-0.15, -0.1) is 0 Å². The van der Waals surface area contributed by atoms with Crippen molar-refractivity contribution in [3.8, 4) is 0 Å². The lowest BCUT2D eigenvalue weighted by atomic mass is 10.0. The van der Waals surface area contributed by atoms with E-state index in [1.807, 2.05) is 6.33 Å². The first-order valence-corrected chi connectivity index (χ1v) is 7.35. The van der Waals surface area contributed by atoms with Crippen LogP contribution in [-0.2, 0) is 13.0 Å². The van der Waals surface area contributed by atoms with Crippen LogP contribution in [0.3, 0.4) is 0 Å². The molecule has 100 valence electrons. The second-order valence-electron chi connectivity index (χ2n) is 5.69. The van der Waals surface area contributed by atoms with Gasteiger partial charge in [-0.05, 0) is 25.8 Å². The van der Waals surface area contributed by atoms with E-state index >= 15 is 0 Å². The smallest absolute Gasteiger partial charge is 0.0925 e. The van der Waals surface area contributed by atoms with E-state index < -0.39 is 0 Å². The molecule has 0 bridgehead atoms. The van der Waals surface area contributed by atoms with Crippen molar-refractivity contribution in [3.63, 3.8) is 0 Å². The van der Waals surface area contributed by atoms with Gasteiger partial charge in [0.25, 0.3) is 0 Å². The molecule has 4 nitrogen and oxygen atoms in total. The molecule has 3 rings (SSSR count). The van der Waals surface area contributed by atoms with Gasteiger partial charge >= 0.3 is 0 Å². The van der Waals surface area contributed by atoms with E-state index in [2.05, 4.69) is 27.1 Å². The summed E-state index contributed by atoms with van der Waals surface area (Å²) < 4.78 is 0. The number of aromatic amines is 1. The highest BCUT2D eigenvalue weighted by molar-refractivity contribution is 5.16. The fourth-order valence-electron chi connectivity index (χ4n) is 2.87. The van der Waals surface area contributed by atoms with Crippen LogP contribution in [0.25, 0.3) is 0 Å². The Labute approximate surface area is 109 Å². The van der Waals surface area contributed by atoms with E-state index in [0.717, 1.165) is 19.0 Å². The van der Waals surface area contributed by atoms with Crippen molar-refractivity contribution in [1.29, 1.82) is 0 Å². The Morgan fingerprint density at radius 2 is 2.33 bits per heavy atom. The second-order valence-corrected chi connectivity index (χ2v) is 5.69. The van der Waals surface area contributed by atoms with E-state index in [1.165, 1.54) is 50.2 Å². The van der Waals surface area contributed by atoms with Gasteiger partial charge in [0.15, 0.2) is 0 Å². The number of rotatable bonds is 6. The first-order valence-electron chi connectivity index (χ1n) is 7.35. The predicted octanol–water partition coefficient (Wildman–Crippen LogP) is 1.69. The lowest BCUT2D eigenvalue weighted by molar-refractivity contribution is 0.223. The summed E-state index contributed by atoms with van der Waals surface area (Å²) in [5.74, 6) is 0. The van der Waals surface area contributed by atoms with Crippen LogP contribution in [0.15, 0.2) is 6.33 Å². The van der Waals surface area contributed by atoms with Crippen molar-refractivity contribution in [1.82, 2.24) is 20.2 Å². The van der Waals surface area contributed by atoms with Crippen LogP contribution in [0.1, 0.15) is 44.0 Å². The van der Waals surface area contributed by atoms with Gasteiger partial charge in [-0.2, -0.15) is 0 Å². The molecule has 1 aliphatic carbocycles. The third-order valence-electron chi connectivity index (χ3n) is 4.13. The Morgan fingerprint density at radius 1 is 1.44 bits per heavy atom. The molecule has 0 aromatic carbocycles. The SMILES string of the molecule is CCCCN(CC1Cc2nc[nH]c2CN1)C1CC1. The third kappa shape index (κ3) is 2.75. The van der Waals surface area contributed by atoms with Gasteiger partial charge in [-0.3, -0.25) is 4.90 Å². The average Bonchev–Trinajstić information content (AvgIpc) is 3.12. The van der Waals surface area contributed by atoms with E-state index in [9.17, 15) is 0 Å². The summed E-state index contributed by atoms with van der Waals surface area (Å²) in [5.41, 5.74) is 2.54. The molecule has 2 aliphatic rings. The van der Waals surface area contributed by atoms with Crippen LogP contribution in [0.5, 0.6) is 0 Å². The number of fused-ring (bicyclic) bond motifs is 1. The lowest BCUT2D eigenvalue weighted by Gasteiger charge is -2.30. The fraction of sp³-hybridized carbons (Fsp3) is 0.786. The highest BCUT2D eigenvalue weighted by atomic mass is 15.2. The molecule has 1 unspecified atom stereocenters. The molecule has 18 heavy (non-hydrogen) atoms. The van der Waals surface area contributed by atoms with E-state index in [-0.39, 0.29) is 0 Å². The Morgan fingerprint density at radius 3 is 3.11 bits per heavy atom. The molecule has 2 N–H and O–H groups in total. The molecule has 1 fully saturated rings. The van der Waals surface area contributed by atoms with Crippen LogP contribution < -0.4 is 5.32 Å². The molecule has 0 saturated heterocycles. The molecule has 1 saturated carbocycles. The van der Waals surface area contributed by atoms with Gasteiger partial charge < -0.3 is 10.3 Å². The minimum atomic E-state index is 0.582. The van der Waals surface area contributed by atoms with Gasteiger partial charge in [0.2, 0.25) is 0 Å². The molecule has 0 spiro atoms. The Kier molecular flexibility index (Phi) is 3.66. The first-order chi connectivity index (χ1) is 8.86. The van der Waals surface area contributed by atoms with Crippen LogP contribution in [0.4, 0.5) is 0 Å². The van der Waals surface area contributed by atoms with Crippen LogP contribution >= 0.6 is 0 Å². The Hall–Kier alpha value is -0.870. The predicted molar refractivity (Wildman–Crippen MR) is 72.4 cm³/mol. The zero-order chi connectivity index (χ0) is 12.4. The number of H-pyrrole nitrogens is 1. The molecule has 1 atom stereocenters. The van der Waals surface area contributed by atoms with Gasteiger partial charge in [-0.25, -0.2) is 4.98 Å². The molecule has 1 aromatic heterocycles. The minimum absolute atomic E-state index is 0.582. The van der Waals surface area contributed by atoms with Crippen molar-refractivity contribution in [3.05, 3.63) is 17.7 Å². The molecule has 1 aliphatic heterocycles. The average molecular weight is 248 g/mol. The highest BCUT2D eigenvalue weighted by Crippen LogP contribution is 2.27. The monoisotopic (exact) mass is 248 g/mol. The Bertz CT molecular complexity index is 383. The maximum absolute atomic E-state index is 4.42. The van der Waals surface area contributed by atoms with Crippen molar-refractivity contribution < 1.29 is 0 Å². The second kappa shape index (κ2) is 5.41. The van der Waals surface area contributed by atoms with Crippen LogP contribution in [-0.4, -0.2) is 40.0 Å². The maximum Gasteiger partial charge on any atom is 0.0925 e. The molecule has 2 heterocycles. The number of nitrogens with one attached hydrogen (secondary N) is 2. The normalized spacial score (nSPS) is 23.3. The van der Waals surface area contributed by atoms with Crippen LogP contribution in [0.2, 0.25) is 0 Å². The lowest BCUT2D eigenvalue weighted by Crippen LogP contribution is -2.45. The molecule has 4 heteroatoms. The minimum Gasteiger partial charge on any atom is -0.347 e. The number of nitrogens with zero attached hydrogens (tertiary/aromatic N) is 2. The fourth-order valence-corrected chi connectivity index (χ4v) is 2.87. The zero-order valence-corrected chi connectivity index (χ0v) is 11.3.